The number of rotatable bonds is 3. The molecule has 0 unspecified atom stereocenters. The fourth-order valence-corrected chi connectivity index (χ4v) is 2.20. The van der Waals surface area contributed by atoms with Gasteiger partial charge >= 0.3 is 0 Å². The minimum atomic E-state index is -0.547. The summed E-state index contributed by atoms with van der Waals surface area (Å²) in [7, 11) is 0. The molecule has 0 heterocycles. The van der Waals surface area contributed by atoms with E-state index in [1.54, 1.807) is 12.1 Å². The predicted octanol–water partition coefficient (Wildman–Crippen LogP) is 3.55. The Morgan fingerprint density at radius 1 is 1.24 bits per heavy atom. The fraction of sp³-hybridized carbons (Fsp3) is 0.133. The molecule has 3 N–H and O–H groups in total. The normalized spacial score (nSPS) is 10.5. The molecular weight excluding hydrogens is 342 g/mol. The number of carbonyl (C=O) groups excluding carboxylic acids is 1. The van der Waals surface area contributed by atoms with Crippen molar-refractivity contribution in [2.24, 2.45) is 0 Å². The van der Waals surface area contributed by atoms with Gasteiger partial charge in [-0.25, -0.2) is 8.78 Å². The Bertz CT molecular complexity index is 681. The summed E-state index contributed by atoms with van der Waals surface area (Å²) in [6.07, 6.45) is 0. The molecule has 2 rings (SSSR count). The second-order valence-electron chi connectivity index (χ2n) is 4.59. The van der Waals surface area contributed by atoms with Crippen LogP contribution in [0.4, 0.5) is 14.5 Å². The van der Waals surface area contributed by atoms with E-state index >= 15 is 0 Å². The summed E-state index contributed by atoms with van der Waals surface area (Å²) < 4.78 is 27.8. The van der Waals surface area contributed by atoms with Crippen molar-refractivity contribution < 1.29 is 13.6 Å². The summed E-state index contributed by atoms with van der Waals surface area (Å²) in [4.78, 5) is 12.0. The maximum atomic E-state index is 13.6. The topological polar surface area (TPSA) is 55.1 Å². The van der Waals surface area contributed by atoms with Crippen LogP contribution in [0.25, 0.3) is 0 Å². The van der Waals surface area contributed by atoms with Crippen LogP contribution >= 0.6 is 15.9 Å². The van der Waals surface area contributed by atoms with Crippen LogP contribution in [0.3, 0.4) is 0 Å². The van der Waals surface area contributed by atoms with Gasteiger partial charge in [0.2, 0.25) is 0 Å². The largest absolute Gasteiger partial charge is 0.398 e. The van der Waals surface area contributed by atoms with E-state index in [-0.39, 0.29) is 17.8 Å². The molecule has 0 fully saturated rings. The first kappa shape index (κ1) is 15.4. The van der Waals surface area contributed by atoms with Gasteiger partial charge in [-0.2, -0.15) is 0 Å². The summed E-state index contributed by atoms with van der Waals surface area (Å²) in [5.74, 6) is -1.48. The smallest absolute Gasteiger partial charge is 0.251 e. The lowest BCUT2D eigenvalue weighted by Gasteiger charge is -2.09. The molecule has 2 aromatic carbocycles. The molecule has 0 saturated heterocycles. The maximum absolute atomic E-state index is 13.6. The maximum Gasteiger partial charge on any atom is 0.251 e. The summed E-state index contributed by atoms with van der Waals surface area (Å²) in [5.41, 5.74) is 6.56. The average Bonchev–Trinajstić information content (AvgIpc) is 2.44. The molecule has 0 radical (unpaired) electrons. The number of benzene rings is 2. The third-order valence-corrected chi connectivity index (χ3v) is 3.59. The Morgan fingerprint density at radius 3 is 2.62 bits per heavy atom. The zero-order valence-electron chi connectivity index (χ0n) is 11.2. The van der Waals surface area contributed by atoms with Crippen molar-refractivity contribution in [2.45, 2.75) is 13.5 Å². The fourth-order valence-electron chi connectivity index (χ4n) is 1.79. The molecule has 0 aliphatic heterocycles. The molecule has 0 bridgehead atoms. The quantitative estimate of drug-likeness (QED) is 0.828. The van der Waals surface area contributed by atoms with Crippen molar-refractivity contribution in [1.29, 1.82) is 0 Å². The minimum absolute atomic E-state index is 0.000489. The van der Waals surface area contributed by atoms with Crippen molar-refractivity contribution in [3.63, 3.8) is 0 Å². The molecule has 0 saturated carbocycles. The second-order valence-corrected chi connectivity index (χ2v) is 5.51. The minimum Gasteiger partial charge on any atom is -0.398 e. The van der Waals surface area contributed by atoms with Crippen LogP contribution in [0.2, 0.25) is 0 Å². The van der Waals surface area contributed by atoms with Crippen LogP contribution in [-0.2, 0) is 6.54 Å². The third-order valence-electron chi connectivity index (χ3n) is 3.09. The van der Waals surface area contributed by atoms with Gasteiger partial charge < -0.3 is 11.1 Å². The molecule has 21 heavy (non-hydrogen) atoms. The molecule has 0 aromatic heterocycles. The Hall–Kier alpha value is -1.95. The molecule has 1 amide bonds. The predicted molar refractivity (Wildman–Crippen MR) is 80.8 cm³/mol. The van der Waals surface area contributed by atoms with Gasteiger partial charge in [-0.05, 0) is 37.3 Å². The van der Waals surface area contributed by atoms with Crippen molar-refractivity contribution in [3.8, 4) is 0 Å². The van der Waals surface area contributed by atoms with E-state index < -0.39 is 17.5 Å². The van der Waals surface area contributed by atoms with E-state index in [2.05, 4.69) is 21.2 Å². The third kappa shape index (κ3) is 3.58. The lowest BCUT2D eigenvalue weighted by molar-refractivity contribution is 0.0950. The monoisotopic (exact) mass is 354 g/mol. The molecule has 0 aliphatic carbocycles. The average molecular weight is 355 g/mol. The number of amides is 1. The summed E-state index contributed by atoms with van der Waals surface area (Å²) >= 11 is 3.23. The molecule has 0 atom stereocenters. The molecule has 0 spiro atoms. The van der Waals surface area contributed by atoms with Crippen LogP contribution in [0.1, 0.15) is 21.5 Å². The first-order valence-electron chi connectivity index (χ1n) is 6.16. The molecule has 0 aliphatic rings. The number of anilines is 1. The van der Waals surface area contributed by atoms with E-state index in [0.717, 1.165) is 6.07 Å². The van der Waals surface area contributed by atoms with Gasteiger partial charge in [-0.1, -0.05) is 15.9 Å². The number of halogens is 3. The first-order valence-corrected chi connectivity index (χ1v) is 6.95. The highest BCUT2D eigenvalue weighted by atomic mass is 79.9. The number of nitrogens with two attached hydrogens (primary N) is 1. The van der Waals surface area contributed by atoms with Gasteiger partial charge in [-0.3, -0.25) is 4.79 Å². The highest BCUT2D eigenvalue weighted by Gasteiger charge is 2.12. The van der Waals surface area contributed by atoms with Gasteiger partial charge in [0.05, 0.1) is 0 Å². The van der Waals surface area contributed by atoms with E-state index in [0.29, 0.717) is 15.6 Å². The zero-order chi connectivity index (χ0) is 15.6. The van der Waals surface area contributed by atoms with Gasteiger partial charge in [0.15, 0.2) is 0 Å². The Labute approximate surface area is 129 Å². The Kier molecular flexibility index (Phi) is 4.57. The SMILES string of the molecule is Cc1c(N)cc(C(=O)NCc2cc(Br)ccc2F)cc1F. The van der Waals surface area contributed by atoms with Gasteiger partial charge in [0.1, 0.15) is 11.6 Å². The summed E-state index contributed by atoms with van der Waals surface area (Å²) in [6, 6.07) is 6.94. The van der Waals surface area contributed by atoms with Crippen LogP contribution < -0.4 is 11.1 Å². The van der Waals surface area contributed by atoms with Gasteiger partial charge in [-0.15, -0.1) is 0 Å². The van der Waals surface area contributed by atoms with Crippen LogP contribution in [0.15, 0.2) is 34.8 Å². The molecule has 2 aromatic rings. The Balaban J connectivity index is 2.13. The number of nitrogen functional groups attached to an aromatic ring is 1. The molecule has 3 nitrogen and oxygen atoms in total. The summed E-state index contributed by atoms with van der Waals surface area (Å²) in [5, 5.41) is 2.54. The number of nitrogens with one attached hydrogen (secondary N) is 1. The lowest BCUT2D eigenvalue weighted by atomic mass is 10.1. The van der Waals surface area contributed by atoms with E-state index in [1.165, 1.54) is 19.1 Å². The van der Waals surface area contributed by atoms with Crippen molar-refractivity contribution >= 4 is 27.5 Å². The van der Waals surface area contributed by atoms with Crippen LogP contribution in [-0.4, -0.2) is 5.91 Å². The van der Waals surface area contributed by atoms with Gasteiger partial charge in [0.25, 0.3) is 5.91 Å². The highest BCUT2D eigenvalue weighted by molar-refractivity contribution is 9.10. The first-order chi connectivity index (χ1) is 9.88. The Morgan fingerprint density at radius 2 is 1.95 bits per heavy atom. The van der Waals surface area contributed by atoms with E-state index in [4.69, 9.17) is 5.73 Å². The number of carbonyl (C=O) groups is 1. The zero-order valence-corrected chi connectivity index (χ0v) is 12.8. The van der Waals surface area contributed by atoms with Crippen LogP contribution in [0.5, 0.6) is 0 Å². The van der Waals surface area contributed by atoms with E-state index in [1.807, 2.05) is 0 Å². The van der Waals surface area contributed by atoms with Crippen molar-refractivity contribution in [1.82, 2.24) is 5.32 Å². The molecular formula is C15H13BrF2N2O. The van der Waals surface area contributed by atoms with Crippen molar-refractivity contribution in [3.05, 3.63) is 63.1 Å². The number of hydrogen-bond acceptors (Lipinski definition) is 2. The number of hydrogen-bond donors (Lipinski definition) is 2. The highest BCUT2D eigenvalue weighted by Crippen LogP contribution is 2.18. The standard InChI is InChI=1S/C15H13BrF2N2O/c1-8-13(18)5-9(6-14(8)19)15(21)20-7-10-4-11(16)2-3-12(10)17/h2-6H,7,19H2,1H3,(H,20,21). The lowest BCUT2D eigenvalue weighted by Crippen LogP contribution is -2.23. The molecule has 6 heteroatoms. The second kappa shape index (κ2) is 6.22. The van der Waals surface area contributed by atoms with Gasteiger partial charge in [0, 0.05) is 33.4 Å². The summed E-state index contributed by atoms with van der Waals surface area (Å²) in [6.45, 7) is 1.53. The van der Waals surface area contributed by atoms with Crippen LogP contribution in [0, 0.1) is 18.6 Å². The molecule has 110 valence electrons. The van der Waals surface area contributed by atoms with Crippen molar-refractivity contribution in [2.75, 3.05) is 5.73 Å². The van der Waals surface area contributed by atoms with E-state index in [9.17, 15) is 13.6 Å².